The fourth-order valence-corrected chi connectivity index (χ4v) is 2.76. The van der Waals surface area contributed by atoms with Crippen LogP contribution in [0.3, 0.4) is 0 Å². The Morgan fingerprint density at radius 1 is 1.10 bits per heavy atom. The Labute approximate surface area is 126 Å². The van der Waals surface area contributed by atoms with Crippen molar-refractivity contribution in [1.29, 1.82) is 0 Å². The van der Waals surface area contributed by atoms with Crippen LogP contribution in [0.2, 0.25) is 0 Å². The number of methoxy groups -OCH3 is 3. The Morgan fingerprint density at radius 3 is 2.20 bits per heavy atom. The van der Waals surface area contributed by atoms with Crippen LogP contribution in [-0.4, -0.2) is 31.6 Å². The molecule has 5 nitrogen and oxygen atoms in total. The van der Waals surface area contributed by atoms with Crippen LogP contribution >= 0.6 is 24.0 Å². The van der Waals surface area contributed by atoms with Crippen molar-refractivity contribution in [1.82, 2.24) is 5.32 Å². The first-order valence-electron chi connectivity index (χ1n) is 5.64. The predicted octanol–water partition coefficient (Wildman–Crippen LogP) is 2.20. The van der Waals surface area contributed by atoms with Gasteiger partial charge in [0.25, 0.3) is 5.91 Å². The van der Waals surface area contributed by atoms with E-state index in [0.29, 0.717) is 32.0 Å². The molecule has 106 valence electrons. The molecular weight excluding hydrogens is 298 g/mol. The van der Waals surface area contributed by atoms with E-state index in [1.54, 1.807) is 39.5 Å². The quantitative estimate of drug-likeness (QED) is 0.679. The second kappa shape index (κ2) is 6.15. The fraction of sp³-hybridized carbons (Fsp3) is 0.231. The molecule has 0 spiro atoms. The summed E-state index contributed by atoms with van der Waals surface area (Å²) < 4.78 is 16.2. The molecule has 1 aliphatic rings. The van der Waals surface area contributed by atoms with Crippen LogP contribution in [0.15, 0.2) is 17.0 Å². The van der Waals surface area contributed by atoms with Gasteiger partial charge < -0.3 is 19.5 Å². The molecule has 0 saturated carbocycles. The molecule has 1 aromatic rings. The number of carbonyl (C=O) groups excluding carboxylic acids is 1. The van der Waals surface area contributed by atoms with Crippen LogP contribution in [0.5, 0.6) is 17.2 Å². The minimum Gasteiger partial charge on any atom is -0.496 e. The Hall–Kier alpha value is -1.73. The van der Waals surface area contributed by atoms with Crippen molar-refractivity contribution < 1.29 is 19.0 Å². The summed E-state index contributed by atoms with van der Waals surface area (Å²) in [5.41, 5.74) is 0.715. The van der Waals surface area contributed by atoms with Crippen molar-refractivity contribution in [3.8, 4) is 17.2 Å². The summed E-state index contributed by atoms with van der Waals surface area (Å²) in [6, 6.07) is 3.46. The average Bonchev–Trinajstić information content (AvgIpc) is 2.76. The normalized spacial score (nSPS) is 16.2. The standard InChI is InChI=1S/C13H13NO4S2/c1-16-8-6-10(18-3)9(17-2)4-7(8)5-11-12(15)14-13(19)20-11/h4-6H,1-3H3,(H,14,15,19)/b11-5+. The summed E-state index contributed by atoms with van der Waals surface area (Å²) in [6.45, 7) is 0. The second-order valence-corrected chi connectivity index (χ2v) is 5.52. The zero-order chi connectivity index (χ0) is 14.7. The molecule has 20 heavy (non-hydrogen) atoms. The molecule has 0 radical (unpaired) electrons. The van der Waals surface area contributed by atoms with Crippen molar-refractivity contribution in [2.24, 2.45) is 0 Å². The highest BCUT2D eigenvalue weighted by molar-refractivity contribution is 8.26. The zero-order valence-electron chi connectivity index (χ0n) is 11.2. The molecular formula is C13H13NO4S2. The van der Waals surface area contributed by atoms with Gasteiger partial charge in [-0.3, -0.25) is 4.79 Å². The Kier molecular flexibility index (Phi) is 4.51. The van der Waals surface area contributed by atoms with Crippen LogP contribution in [0, 0.1) is 0 Å². The van der Waals surface area contributed by atoms with Gasteiger partial charge in [-0.05, 0) is 12.1 Å². The molecule has 1 saturated heterocycles. The molecule has 1 amide bonds. The summed E-state index contributed by atoms with van der Waals surface area (Å²) in [6.07, 6.45) is 1.71. The first-order chi connectivity index (χ1) is 9.58. The lowest BCUT2D eigenvalue weighted by Gasteiger charge is -2.12. The monoisotopic (exact) mass is 311 g/mol. The lowest BCUT2D eigenvalue weighted by Crippen LogP contribution is -2.17. The summed E-state index contributed by atoms with van der Waals surface area (Å²) >= 11 is 6.17. The third-order valence-corrected chi connectivity index (χ3v) is 3.83. The average molecular weight is 311 g/mol. The van der Waals surface area contributed by atoms with Gasteiger partial charge in [-0.2, -0.15) is 0 Å². The summed E-state index contributed by atoms with van der Waals surface area (Å²) in [5.74, 6) is 1.50. The molecule has 0 atom stereocenters. The maximum atomic E-state index is 11.7. The zero-order valence-corrected chi connectivity index (χ0v) is 12.8. The van der Waals surface area contributed by atoms with Crippen molar-refractivity contribution in [2.45, 2.75) is 0 Å². The van der Waals surface area contributed by atoms with E-state index in [1.807, 2.05) is 0 Å². The predicted molar refractivity (Wildman–Crippen MR) is 82.4 cm³/mol. The number of hydrogen-bond donors (Lipinski definition) is 1. The highest BCUT2D eigenvalue weighted by Gasteiger charge is 2.23. The largest absolute Gasteiger partial charge is 0.496 e. The Bertz CT molecular complexity index is 598. The van der Waals surface area contributed by atoms with Gasteiger partial charge in [0.15, 0.2) is 11.5 Å². The molecule has 1 N–H and O–H groups in total. The SMILES string of the molecule is COc1cc(OC)c(OC)cc1/C=C1/SC(=S)NC1=O. The lowest BCUT2D eigenvalue weighted by molar-refractivity contribution is -0.115. The molecule has 0 aromatic heterocycles. The van der Waals surface area contributed by atoms with E-state index in [2.05, 4.69) is 5.32 Å². The van der Waals surface area contributed by atoms with Crippen molar-refractivity contribution >= 4 is 40.3 Å². The van der Waals surface area contributed by atoms with Gasteiger partial charge in [-0.25, -0.2) is 0 Å². The highest BCUT2D eigenvalue weighted by atomic mass is 32.2. The van der Waals surface area contributed by atoms with E-state index < -0.39 is 0 Å². The Morgan fingerprint density at radius 2 is 1.70 bits per heavy atom. The van der Waals surface area contributed by atoms with Crippen LogP contribution in [0.4, 0.5) is 0 Å². The van der Waals surface area contributed by atoms with Crippen LogP contribution in [-0.2, 0) is 4.79 Å². The van der Waals surface area contributed by atoms with Crippen molar-refractivity contribution in [3.05, 3.63) is 22.6 Å². The highest BCUT2D eigenvalue weighted by Crippen LogP contribution is 2.37. The molecule has 1 fully saturated rings. The van der Waals surface area contributed by atoms with Crippen molar-refractivity contribution in [3.63, 3.8) is 0 Å². The number of carbonyl (C=O) groups is 1. The summed E-state index contributed by atoms with van der Waals surface area (Å²) in [7, 11) is 4.65. The molecule has 0 unspecified atom stereocenters. The molecule has 0 bridgehead atoms. The minimum absolute atomic E-state index is 0.211. The van der Waals surface area contributed by atoms with Crippen molar-refractivity contribution in [2.75, 3.05) is 21.3 Å². The molecule has 0 aliphatic carbocycles. The van der Waals surface area contributed by atoms with Gasteiger partial charge in [0.05, 0.1) is 26.2 Å². The smallest absolute Gasteiger partial charge is 0.263 e. The lowest BCUT2D eigenvalue weighted by atomic mass is 10.1. The van der Waals surface area contributed by atoms with Crippen LogP contribution in [0.25, 0.3) is 6.08 Å². The van der Waals surface area contributed by atoms with E-state index >= 15 is 0 Å². The van der Waals surface area contributed by atoms with Crippen LogP contribution in [0.1, 0.15) is 5.56 Å². The maximum absolute atomic E-state index is 11.7. The van der Waals surface area contributed by atoms with E-state index in [9.17, 15) is 4.79 Å². The minimum atomic E-state index is -0.211. The third-order valence-electron chi connectivity index (χ3n) is 2.66. The van der Waals surface area contributed by atoms with Gasteiger partial charge in [0, 0.05) is 11.6 Å². The number of rotatable bonds is 4. The molecule has 2 rings (SSSR count). The third kappa shape index (κ3) is 2.88. The first kappa shape index (κ1) is 14.7. The topological polar surface area (TPSA) is 56.8 Å². The molecule has 7 heteroatoms. The number of thioether (sulfide) groups is 1. The number of nitrogens with one attached hydrogen (secondary N) is 1. The molecule has 1 heterocycles. The molecule has 1 aliphatic heterocycles. The van der Waals surface area contributed by atoms with Gasteiger partial charge in [-0.1, -0.05) is 24.0 Å². The number of hydrogen-bond acceptors (Lipinski definition) is 6. The summed E-state index contributed by atoms with van der Waals surface area (Å²) in [5, 5.41) is 2.57. The van der Waals surface area contributed by atoms with E-state index in [-0.39, 0.29) is 5.91 Å². The number of amides is 1. The first-order valence-corrected chi connectivity index (χ1v) is 6.86. The Balaban J connectivity index is 2.48. The fourth-order valence-electron chi connectivity index (χ4n) is 1.73. The number of thiocarbonyl (C=S) groups is 1. The van der Waals surface area contributed by atoms with E-state index in [1.165, 1.54) is 11.8 Å². The second-order valence-electron chi connectivity index (χ2n) is 3.80. The van der Waals surface area contributed by atoms with E-state index in [4.69, 9.17) is 26.4 Å². The van der Waals surface area contributed by atoms with Gasteiger partial charge in [-0.15, -0.1) is 0 Å². The maximum Gasteiger partial charge on any atom is 0.263 e. The van der Waals surface area contributed by atoms with Gasteiger partial charge >= 0.3 is 0 Å². The van der Waals surface area contributed by atoms with E-state index in [0.717, 1.165) is 0 Å². The number of benzene rings is 1. The molecule has 1 aromatic carbocycles. The summed E-state index contributed by atoms with van der Waals surface area (Å²) in [4.78, 5) is 12.2. The number of ether oxygens (including phenoxy) is 3. The van der Waals surface area contributed by atoms with Crippen LogP contribution < -0.4 is 19.5 Å². The van der Waals surface area contributed by atoms with Gasteiger partial charge in [0.2, 0.25) is 0 Å². The van der Waals surface area contributed by atoms with Gasteiger partial charge in [0.1, 0.15) is 10.1 Å².